The highest BCUT2D eigenvalue weighted by molar-refractivity contribution is 5.69. The molecule has 2 nitrogen and oxygen atoms in total. The number of aryl methyl sites for hydroxylation is 1. The topological polar surface area (TPSA) is 18.5 Å². The lowest BCUT2D eigenvalue weighted by Gasteiger charge is -2.15. The molecule has 5 heteroatoms. The molecule has 0 unspecified atom stereocenters. The Balaban J connectivity index is 2.41. The monoisotopic (exact) mass is 338 g/mol. The zero-order valence-corrected chi connectivity index (χ0v) is 14.0. The lowest BCUT2D eigenvalue weighted by Crippen LogP contribution is -2.05. The maximum absolute atomic E-state index is 12.8. The second kappa shape index (κ2) is 7.71. The van der Waals surface area contributed by atoms with Gasteiger partial charge in [0.15, 0.2) is 0 Å². The second-order valence-corrected chi connectivity index (χ2v) is 5.63. The summed E-state index contributed by atoms with van der Waals surface area (Å²) in [6.45, 7) is 4.69. The summed E-state index contributed by atoms with van der Waals surface area (Å²) in [5, 5.41) is 0. The normalized spacial score (nSPS) is 11.6. The molecule has 2 aromatic carbocycles. The van der Waals surface area contributed by atoms with E-state index in [4.69, 9.17) is 9.47 Å². The maximum atomic E-state index is 12.8. The Morgan fingerprint density at radius 1 is 1.04 bits per heavy atom. The van der Waals surface area contributed by atoms with E-state index in [2.05, 4.69) is 0 Å². The molecular formula is C19H21F3O2. The van der Waals surface area contributed by atoms with Crippen LogP contribution < -0.4 is 4.74 Å². The summed E-state index contributed by atoms with van der Waals surface area (Å²) in [6.07, 6.45) is -3.46. The molecule has 0 heterocycles. The predicted molar refractivity (Wildman–Crippen MR) is 88.1 cm³/mol. The highest BCUT2D eigenvalue weighted by Gasteiger charge is 2.30. The molecular weight excluding hydrogens is 317 g/mol. The SMILES string of the molecule is CCCOc1cc(-c2ccc(C(F)(F)F)cc2C)ccc1COC. The molecule has 0 radical (unpaired) electrons. The largest absolute Gasteiger partial charge is 0.493 e. The van der Waals surface area contributed by atoms with Gasteiger partial charge in [-0.1, -0.05) is 25.1 Å². The van der Waals surface area contributed by atoms with E-state index in [-0.39, 0.29) is 0 Å². The third kappa shape index (κ3) is 4.29. The summed E-state index contributed by atoms with van der Waals surface area (Å²) < 4.78 is 49.4. The van der Waals surface area contributed by atoms with E-state index in [1.165, 1.54) is 12.1 Å². The van der Waals surface area contributed by atoms with E-state index in [1.807, 2.05) is 25.1 Å². The lowest BCUT2D eigenvalue weighted by atomic mass is 9.97. The van der Waals surface area contributed by atoms with Gasteiger partial charge in [0.25, 0.3) is 0 Å². The van der Waals surface area contributed by atoms with Crippen molar-refractivity contribution in [3.8, 4) is 16.9 Å². The standard InChI is InChI=1S/C19H21F3O2/c1-4-9-24-18-11-14(5-6-15(18)12-23-3)17-8-7-16(10-13(17)2)19(20,21)22/h5-8,10-11H,4,9,12H2,1-3H3. The van der Waals surface area contributed by atoms with Crippen LogP contribution in [0.25, 0.3) is 11.1 Å². The van der Waals surface area contributed by atoms with Crippen LogP contribution in [0.15, 0.2) is 36.4 Å². The second-order valence-electron chi connectivity index (χ2n) is 5.63. The van der Waals surface area contributed by atoms with E-state index >= 15 is 0 Å². The van der Waals surface area contributed by atoms with Crippen LogP contribution >= 0.6 is 0 Å². The van der Waals surface area contributed by atoms with Crippen LogP contribution in [0, 0.1) is 6.92 Å². The Labute approximate surface area is 140 Å². The van der Waals surface area contributed by atoms with Crippen LogP contribution in [0.4, 0.5) is 13.2 Å². The third-order valence-electron chi connectivity index (χ3n) is 3.69. The Bertz CT molecular complexity index is 693. The zero-order chi connectivity index (χ0) is 17.7. The first-order valence-electron chi connectivity index (χ1n) is 7.79. The minimum Gasteiger partial charge on any atom is -0.493 e. The number of rotatable bonds is 6. The molecule has 0 atom stereocenters. The van der Waals surface area contributed by atoms with Crippen molar-refractivity contribution in [1.29, 1.82) is 0 Å². The number of halogens is 3. The van der Waals surface area contributed by atoms with Gasteiger partial charge in [-0.2, -0.15) is 13.2 Å². The van der Waals surface area contributed by atoms with Gasteiger partial charge in [-0.15, -0.1) is 0 Å². The average molecular weight is 338 g/mol. The van der Waals surface area contributed by atoms with Crippen LogP contribution in [0.3, 0.4) is 0 Å². The highest BCUT2D eigenvalue weighted by atomic mass is 19.4. The Morgan fingerprint density at radius 3 is 2.38 bits per heavy atom. The first-order valence-corrected chi connectivity index (χ1v) is 7.79. The van der Waals surface area contributed by atoms with Crippen molar-refractivity contribution < 1.29 is 22.6 Å². The summed E-state index contributed by atoms with van der Waals surface area (Å²) in [4.78, 5) is 0. The molecule has 2 aromatic rings. The van der Waals surface area contributed by atoms with Crippen LogP contribution in [0.5, 0.6) is 5.75 Å². The number of benzene rings is 2. The maximum Gasteiger partial charge on any atom is 0.416 e. The quantitative estimate of drug-likeness (QED) is 0.681. The van der Waals surface area contributed by atoms with E-state index in [0.29, 0.717) is 24.5 Å². The molecule has 0 aliphatic carbocycles. The number of methoxy groups -OCH3 is 1. The van der Waals surface area contributed by atoms with E-state index < -0.39 is 11.7 Å². The van der Waals surface area contributed by atoms with Crippen LogP contribution in [-0.4, -0.2) is 13.7 Å². The number of alkyl halides is 3. The Morgan fingerprint density at radius 2 is 1.79 bits per heavy atom. The zero-order valence-electron chi connectivity index (χ0n) is 14.0. The molecule has 0 bridgehead atoms. The van der Waals surface area contributed by atoms with E-state index in [1.54, 1.807) is 14.0 Å². The first-order chi connectivity index (χ1) is 11.4. The van der Waals surface area contributed by atoms with Gasteiger partial charge >= 0.3 is 6.18 Å². The molecule has 130 valence electrons. The Hall–Kier alpha value is -2.01. The number of ether oxygens (including phenoxy) is 2. The van der Waals surface area contributed by atoms with Crippen LogP contribution in [0.2, 0.25) is 0 Å². The molecule has 0 spiro atoms. The molecule has 0 saturated heterocycles. The average Bonchev–Trinajstić information content (AvgIpc) is 2.53. The van der Waals surface area contributed by atoms with Gasteiger partial charge in [-0.25, -0.2) is 0 Å². The van der Waals surface area contributed by atoms with Crippen LogP contribution in [0.1, 0.15) is 30.0 Å². The van der Waals surface area contributed by atoms with Crippen LogP contribution in [-0.2, 0) is 17.5 Å². The summed E-state index contributed by atoms with van der Waals surface area (Å²) in [5.41, 5.74) is 2.44. The number of hydrogen-bond donors (Lipinski definition) is 0. The molecule has 24 heavy (non-hydrogen) atoms. The van der Waals surface area contributed by atoms with Crippen molar-refractivity contribution in [2.45, 2.75) is 33.1 Å². The van der Waals surface area contributed by atoms with Crippen molar-refractivity contribution in [3.05, 3.63) is 53.1 Å². The van der Waals surface area contributed by atoms with Gasteiger partial charge in [-0.05, 0) is 48.2 Å². The minimum absolute atomic E-state index is 0.422. The van der Waals surface area contributed by atoms with Gasteiger partial charge in [0, 0.05) is 12.7 Å². The first kappa shape index (κ1) is 18.3. The fourth-order valence-electron chi connectivity index (χ4n) is 2.51. The van der Waals surface area contributed by atoms with Gasteiger partial charge in [0.2, 0.25) is 0 Å². The lowest BCUT2D eigenvalue weighted by molar-refractivity contribution is -0.137. The van der Waals surface area contributed by atoms with E-state index in [9.17, 15) is 13.2 Å². The smallest absolute Gasteiger partial charge is 0.416 e. The van der Waals surface area contributed by atoms with Crippen molar-refractivity contribution in [3.63, 3.8) is 0 Å². The molecule has 0 amide bonds. The van der Waals surface area contributed by atoms with Crippen molar-refractivity contribution in [2.75, 3.05) is 13.7 Å². The molecule has 2 rings (SSSR count). The fraction of sp³-hybridized carbons (Fsp3) is 0.368. The molecule has 0 fully saturated rings. The minimum atomic E-state index is -4.33. The Kier molecular flexibility index (Phi) is 5.89. The van der Waals surface area contributed by atoms with Gasteiger partial charge in [-0.3, -0.25) is 0 Å². The molecule has 0 N–H and O–H groups in total. The predicted octanol–water partition coefficient (Wildman–Crippen LogP) is 5.62. The third-order valence-corrected chi connectivity index (χ3v) is 3.69. The molecule has 0 saturated carbocycles. The van der Waals surface area contributed by atoms with Gasteiger partial charge in [0.1, 0.15) is 5.75 Å². The fourth-order valence-corrected chi connectivity index (χ4v) is 2.51. The molecule has 0 aromatic heterocycles. The van der Waals surface area contributed by atoms with Gasteiger partial charge < -0.3 is 9.47 Å². The van der Waals surface area contributed by atoms with Crippen molar-refractivity contribution in [1.82, 2.24) is 0 Å². The highest BCUT2D eigenvalue weighted by Crippen LogP contribution is 2.34. The van der Waals surface area contributed by atoms with Gasteiger partial charge in [0.05, 0.1) is 18.8 Å². The molecule has 0 aliphatic heterocycles. The van der Waals surface area contributed by atoms with Crippen molar-refractivity contribution in [2.24, 2.45) is 0 Å². The summed E-state index contributed by atoms with van der Waals surface area (Å²) in [6, 6.07) is 9.42. The summed E-state index contributed by atoms with van der Waals surface area (Å²) in [7, 11) is 1.61. The summed E-state index contributed by atoms with van der Waals surface area (Å²) in [5.74, 6) is 0.704. The van der Waals surface area contributed by atoms with Crippen molar-refractivity contribution >= 4 is 0 Å². The summed E-state index contributed by atoms with van der Waals surface area (Å²) >= 11 is 0. The molecule has 0 aliphatic rings. The number of hydrogen-bond acceptors (Lipinski definition) is 2. The van der Waals surface area contributed by atoms with E-state index in [0.717, 1.165) is 29.2 Å².